The fourth-order valence-electron chi connectivity index (χ4n) is 10.1. The summed E-state index contributed by atoms with van der Waals surface area (Å²) in [6.07, 6.45) is 1.06. The van der Waals surface area contributed by atoms with Crippen LogP contribution in [0.1, 0.15) is 125 Å². The molecule has 5 aromatic carbocycles. The third-order valence-corrected chi connectivity index (χ3v) is 15.9. The number of hydrogen-bond acceptors (Lipinski definition) is 4. The Morgan fingerprint density at radius 1 is 0.730 bits per heavy atom. The summed E-state index contributed by atoms with van der Waals surface area (Å²) >= 11 is 0.150. The fraction of sp³-hybridized carbons (Fsp3) is 0.339. The van der Waals surface area contributed by atoms with Crippen molar-refractivity contribution in [1.29, 1.82) is 0 Å². The molecular weight excluding hydrogens is 834 g/mol. The molecule has 8 aromatic rings. The topological polar surface area (TPSA) is 63.8 Å². The van der Waals surface area contributed by atoms with Gasteiger partial charge in [-0.3, -0.25) is 0 Å². The molecule has 1 aliphatic rings. The molecule has 0 radical (unpaired) electrons. The molecule has 0 saturated heterocycles. The number of aromatic nitrogens is 4. The molecule has 1 aliphatic heterocycles. The van der Waals surface area contributed by atoms with Gasteiger partial charge in [-0.15, -0.1) is 0 Å². The van der Waals surface area contributed by atoms with Crippen LogP contribution in [-0.2, 0) is 11.8 Å². The predicted octanol–water partition coefficient (Wildman–Crippen LogP) is 11.9. The van der Waals surface area contributed by atoms with Crippen molar-refractivity contribution in [3.8, 4) is 45.2 Å². The van der Waals surface area contributed by atoms with Gasteiger partial charge in [0, 0.05) is 0 Å². The number of phenolic OH excluding ortho intramolecular Hbond substituents is 1. The average molecular weight is 896 g/mol. The fourth-order valence-corrected chi connectivity index (χ4v) is 13.6. The van der Waals surface area contributed by atoms with E-state index in [0.717, 1.165) is 73.7 Å². The number of para-hydroxylation sites is 1. The second-order valence-corrected chi connectivity index (χ2v) is 23.4. The molecule has 0 atom stereocenters. The number of benzene rings is 5. The Morgan fingerprint density at radius 2 is 1.41 bits per heavy atom. The Balaban J connectivity index is 1.39. The van der Waals surface area contributed by atoms with E-state index in [1.54, 1.807) is 4.44 Å². The van der Waals surface area contributed by atoms with Gasteiger partial charge in [0.1, 0.15) is 0 Å². The van der Waals surface area contributed by atoms with E-state index in [-0.39, 0.29) is 37.8 Å². The zero-order chi connectivity index (χ0) is 45.0. The maximum absolute atomic E-state index is 11.9. The summed E-state index contributed by atoms with van der Waals surface area (Å²) < 4.78 is 5.24. The van der Waals surface area contributed by atoms with Gasteiger partial charge in [0.25, 0.3) is 0 Å². The number of aromatic hydroxyl groups is 1. The zero-order valence-corrected chi connectivity index (χ0v) is 41.4. The van der Waals surface area contributed by atoms with Gasteiger partial charge in [0.2, 0.25) is 0 Å². The van der Waals surface area contributed by atoms with E-state index in [0.29, 0.717) is 11.8 Å². The van der Waals surface area contributed by atoms with Crippen molar-refractivity contribution in [2.45, 2.75) is 121 Å². The van der Waals surface area contributed by atoms with E-state index in [1.165, 1.54) is 48.3 Å². The number of rotatable bonds is 7. The molecule has 0 bridgehead atoms. The first-order valence-corrected chi connectivity index (χ1v) is 24.4. The summed E-state index contributed by atoms with van der Waals surface area (Å²) in [7, 11) is 0. The normalized spacial score (nSPS) is 13.0. The van der Waals surface area contributed by atoms with Crippen LogP contribution >= 0.6 is 0 Å². The summed E-state index contributed by atoms with van der Waals surface area (Å²) in [5, 5.41) is 23.0. The Bertz CT molecular complexity index is 3110. The van der Waals surface area contributed by atoms with E-state index < -0.39 is 0 Å². The van der Waals surface area contributed by atoms with Crippen LogP contribution in [-0.4, -0.2) is 46.1 Å². The van der Waals surface area contributed by atoms with Gasteiger partial charge < -0.3 is 0 Å². The van der Waals surface area contributed by atoms with E-state index in [2.05, 4.69) is 173 Å². The molecule has 9 rings (SSSR count). The molecule has 0 aliphatic carbocycles. The quantitative estimate of drug-likeness (QED) is 0.162. The zero-order valence-electron chi connectivity index (χ0n) is 39.7. The van der Waals surface area contributed by atoms with Crippen LogP contribution in [0.5, 0.6) is 5.75 Å². The second-order valence-electron chi connectivity index (χ2n) is 21.1. The van der Waals surface area contributed by atoms with Crippen LogP contribution in [0.4, 0.5) is 0 Å². The summed E-state index contributed by atoms with van der Waals surface area (Å²) in [6, 6.07) is 31.7. The molecule has 63 heavy (non-hydrogen) atoms. The third-order valence-electron chi connectivity index (χ3n) is 13.2. The molecule has 0 spiro atoms. The van der Waals surface area contributed by atoms with Crippen LogP contribution < -0.4 is 16.4 Å². The maximum atomic E-state index is 11.9. The minimum absolute atomic E-state index is 0.0131. The van der Waals surface area contributed by atoms with Gasteiger partial charge >= 0.3 is 299 Å². The van der Waals surface area contributed by atoms with Gasteiger partial charge in [0.15, 0.2) is 0 Å². The molecule has 1 N–H and O–H groups in total. The van der Waals surface area contributed by atoms with Gasteiger partial charge in [-0.25, -0.2) is 0 Å². The summed E-state index contributed by atoms with van der Waals surface area (Å²) in [4.78, 5) is 5.71. The van der Waals surface area contributed by atoms with Gasteiger partial charge in [0.05, 0.1) is 0 Å². The van der Waals surface area contributed by atoms with Crippen molar-refractivity contribution in [2.75, 3.05) is 0 Å². The third kappa shape index (κ3) is 7.30. The first-order chi connectivity index (χ1) is 29.7. The summed E-state index contributed by atoms with van der Waals surface area (Å²) in [5.41, 5.74) is 20.4. The van der Waals surface area contributed by atoms with Crippen molar-refractivity contribution in [3.05, 3.63) is 128 Å². The Morgan fingerprint density at radius 3 is 2.08 bits per heavy atom. The molecule has 0 saturated carbocycles. The minimum atomic E-state index is -0.138. The van der Waals surface area contributed by atoms with Crippen molar-refractivity contribution in [3.63, 3.8) is 0 Å². The second kappa shape index (κ2) is 15.5. The Hall–Kier alpha value is -5.23. The van der Waals surface area contributed by atoms with E-state index >= 15 is 0 Å². The summed E-state index contributed by atoms with van der Waals surface area (Å²) in [5.74, 6) is 1.69. The van der Waals surface area contributed by atoms with Crippen LogP contribution in [0.25, 0.3) is 60.1 Å². The number of aryl methyl sites for hydroxylation is 4. The molecule has 7 heteroatoms. The SMILES string of the molecule is Cc1cc(C)c(O)c(-c2nc3c(-c4cc(-c5nnc(C)c6c(C)c(CC(C)(C)C)[se]c56)cc(C(C)(C)C)c4)ccc4c3n2-c2ccccc2B4c2c(C(C)C)cccc2C(C)C)c1. The van der Waals surface area contributed by atoms with Crippen LogP contribution in [0.3, 0.4) is 0 Å². The summed E-state index contributed by atoms with van der Waals surface area (Å²) in [6.45, 7) is 31.6. The first kappa shape index (κ1) is 43.0. The van der Waals surface area contributed by atoms with E-state index in [9.17, 15) is 5.11 Å². The predicted molar refractivity (Wildman–Crippen MR) is 269 cm³/mol. The van der Waals surface area contributed by atoms with Crippen molar-refractivity contribution in [2.24, 2.45) is 5.41 Å². The van der Waals surface area contributed by atoms with Crippen LogP contribution in [0.2, 0.25) is 0 Å². The van der Waals surface area contributed by atoms with E-state index in [4.69, 9.17) is 15.2 Å². The van der Waals surface area contributed by atoms with Gasteiger partial charge in [-0.1, -0.05) is 58.0 Å². The number of hydrogen-bond donors (Lipinski definition) is 1. The number of fused-ring (bicyclic) bond motifs is 3. The molecule has 4 heterocycles. The standard InChI is InChI=1S/C56H61BN4OSe/c1-30(2)39-18-17-19-40(31(3)4)48(39)57-43-20-15-16-21-45(43)61-51-44(57)23-22-41(50(51)58-54(61)42-25-32(5)24-33(6)52(42)62)36-26-37(28-38(27-36)56(12,13)14)49-53-47(35(8)59-60-49)34(7)46(63-53)29-55(9,10)11/h15-28,30-31,62H,29H2,1-14H3. The monoisotopic (exact) mass is 896 g/mol. The molecule has 5 nitrogen and oxygen atoms in total. The molecule has 0 fully saturated rings. The molecule has 0 unspecified atom stereocenters. The number of imidazole rings is 1. The Kier molecular flexibility index (Phi) is 10.6. The van der Waals surface area contributed by atoms with Crippen molar-refractivity contribution < 1.29 is 5.11 Å². The molecule has 3 aromatic heterocycles. The molecular formula is C56H61BN4OSe. The van der Waals surface area contributed by atoms with Crippen molar-refractivity contribution in [1.82, 2.24) is 19.7 Å². The number of nitrogens with zero attached hydrogens (tertiary/aromatic N) is 4. The van der Waals surface area contributed by atoms with Gasteiger partial charge in [-0.05, 0) is 25.7 Å². The number of phenols is 1. The Labute approximate surface area is 380 Å². The average Bonchev–Trinajstić information content (AvgIpc) is 3.77. The molecule has 320 valence electrons. The molecule has 0 amide bonds. The van der Waals surface area contributed by atoms with Crippen LogP contribution in [0, 0.1) is 33.1 Å². The van der Waals surface area contributed by atoms with Crippen molar-refractivity contribution >= 4 is 58.3 Å². The van der Waals surface area contributed by atoms with Gasteiger partial charge in [-0.2, -0.15) is 0 Å². The van der Waals surface area contributed by atoms with E-state index in [1.807, 2.05) is 13.0 Å². The van der Waals surface area contributed by atoms with Crippen LogP contribution in [0.15, 0.2) is 84.9 Å². The first-order valence-electron chi connectivity index (χ1n) is 22.7.